The predicted molar refractivity (Wildman–Crippen MR) is 122 cm³/mol. The molecule has 1 saturated heterocycles. The number of pyridine rings is 1. The van der Waals surface area contributed by atoms with Crippen LogP contribution in [0.3, 0.4) is 0 Å². The average Bonchev–Trinajstić information content (AvgIpc) is 3.49. The minimum Gasteiger partial charge on any atom is -0.361 e. The van der Waals surface area contributed by atoms with Crippen molar-refractivity contribution in [3.63, 3.8) is 0 Å². The molecule has 0 atom stereocenters. The van der Waals surface area contributed by atoms with Crippen LogP contribution in [0.25, 0.3) is 16.6 Å². The van der Waals surface area contributed by atoms with Gasteiger partial charge in [-0.15, -0.1) is 10.2 Å². The summed E-state index contributed by atoms with van der Waals surface area (Å²) in [5.41, 5.74) is 4.85. The molecule has 1 fully saturated rings. The van der Waals surface area contributed by atoms with Gasteiger partial charge in [-0.3, -0.25) is 14.5 Å². The molecule has 160 valence electrons. The maximum atomic E-state index is 4.45. The Kier molecular flexibility index (Phi) is 6.04. The third-order valence-electron chi connectivity index (χ3n) is 6.22. The van der Waals surface area contributed by atoms with Crippen molar-refractivity contribution in [1.82, 2.24) is 34.5 Å². The van der Waals surface area contributed by atoms with Gasteiger partial charge in [0.1, 0.15) is 12.7 Å². The Bertz CT molecular complexity index is 1080. The minimum absolute atomic E-state index is 0.965. The summed E-state index contributed by atoms with van der Waals surface area (Å²) < 4.78 is 1.95. The molecular weight excluding hydrogens is 386 g/mol. The van der Waals surface area contributed by atoms with Crippen LogP contribution in [0.4, 0.5) is 0 Å². The molecule has 1 aromatic carbocycles. The molecule has 0 amide bonds. The highest BCUT2D eigenvalue weighted by Gasteiger charge is 2.17. The van der Waals surface area contributed by atoms with Gasteiger partial charge in [0, 0.05) is 61.7 Å². The minimum atomic E-state index is 0.965. The Hall–Kier alpha value is -3.03. The van der Waals surface area contributed by atoms with E-state index in [9.17, 15) is 0 Å². The molecule has 0 saturated carbocycles. The second-order valence-electron chi connectivity index (χ2n) is 8.31. The Morgan fingerprint density at radius 1 is 0.903 bits per heavy atom. The number of hydrogen-bond acceptors (Lipinski definition) is 5. The molecule has 1 aliphatic rings. The van der Waals surface area contributed by atoms with Gasteiger partial charge < -0.3 is 9.88 Å². The van der Waals surface area contributed by atoms with Gasteiger partial charge in [-0.25, -0.2) is 0 Å². The van der Waals surface area contributed by atoms with Crippen LogP contribution in [0.1, 0.15) is 24.1 Å². The highest BCUT2D eigenvalue weighted by atomic mass is 15.3. The van der Waals surface area contributed by atoms with E-state index in [0.29, 0.717) is 0 Å². The first-order valence-electron chi connectivity index (χ1n) is 11.1. The monoisotopic (exact) mass is 415 g/mol. The van der Waals surface area contributed by atoms with Crippen LogP contribution >= 0.6 is 0 Å². The van der Waals surface area contributed by atoms with Crippen LogP contribution in [0.15, 0.2) is 61.4 Å². The number of unbranched alkanes of at least 4 members (excludes halogenated alkanes) is 1. The summed E-state index contributed by atoms with van der Waals surface area (Å²) in [4.78, 5) is 13.0. The van der Waals surface area contributed by atoms with E-state index in [1.165, 1.54) is 41.5 Å². The Labute approximate surface area is 182 Å². The van der Waals surface area contributed by atoms with Crippen LogP contribution in [-0.4, -0.2) is 67.3 Å². The largest absolute Gasteiger partial charge is 0.361 e. The molecule has 5 rings (SSSR count). The number of rotatable bonds is 8. The number of aromatic nitrogens is 5. The van der Waals surface area contributed by atoms with Crippen LogP contribution in [0, 0.1) is 0 Å². The number of nitrogens with one attached hydrogen (secondary N) is 1. The number of hydrogen-bond donors (Lipinski definition) is 1. The average molecular weight is 416 g/mol. The molecule has 0 unspecified atom stereocenters. The first kappa shape index (κ1) is 19.9. The van der Waals surface area contributed by atoms with Gasteiger partial charge in [-0.05, 0) is 61.7 Å². The summed E-state index contributed by atoms with van der Waals surface area (Å²) >= 11 is 0. The molecule has 3 aromatic heterocycles. The van der Waals surface area contributed by atoms with Crippen molar-refractivity contribution >= 4 is 10.9 Å². The molecule has 7 heteroatoms. The quantitative estimate of drug-likeness (QED) is 0.448. The molecule has 0 bridgehead atoms. The first-order chi connectivity index (χ1) is 15.3. The van der Waals surface area contributed by atoms with E-state index < -0.39 is 0 Å². The Balaban J connectivity index is 1.08. The van der Waals surface area contributed by atoms with Gasteiger partial charge in [-0.1, -0.05) is 6.07 Å². The maximum Gasteiger partial charge on any atom is 0.123 e. The lowest BCUT2D eigenvalue weighted by Crippen LogP contribution is -2.46. The lowest BCUT2D eigenvalue weighted by molar-refractivity contribution is 0.124. The van der Waals surface area contributed by atoms with E-state index in [1.807, 2.05) is 16.8 Å². The van der Waals surface area contributed by atoms with Gasteiger partial charge in [0.15, 0.2) is 0 Å². The summed E-state index contributed by atoms with van der Waals surface area (Å²) in [6.07, 6.45) is 11.1. The fraction of sp³-hybridized carbons (Fsp3) is 0.375. The van der Waals surface area contributed by atoms with Crippen molar-refractivity contribution in [3.8, 4) is 5.69 Å². The second kappa shape index (κ2) is 9.41. The highest BCUT2D eigenvalue weighted by molar-refractivity contribution is 5.85. The number of aryl methyl sites for hydroxylation is 1. The molecule has 0 aliphatic carbocycles. The van der Waals surface area contributed by atoms with Gasteiger partial charge >= 0.3 is 0 Å². The van der Waals surface area contributed by atoms with Crippen LogP contribution < -0.4 is 0 Å². The lowest BCUT2D eigenvalue weighted by Gasteiger charge is -2.34. The van der Waals surface area contributed by atoms with Crippen molar-refractivity contribution in [1.29, 1.82) is 0 Å². The van der Waals surface area contributed by atoms with Crippen LogP contribution in [0.5, 0.6) is 0 Å². The number of aromatic amines is 1. The third-order valence-corrected chi connectivity index (χ3v) is 6.22. The van der Waals surface area contributed by atoms with E-state index in [1.54, 1.807) is 12.7 Å². The third kappa shape index (κ3) is 4.84. The number of piperazine rings is 1. The summed E-state index contributed by atoms with van der Waals surface area (Å²) in [6.45, 7) is 6.72. The molecule has 31 heavy (non-hydrogen) atoms. The van der Waals surface area contributed by atoms with Crippen molar-refractivity contribution in [2.24, 2.45) is 0 Å². The van der Waals surface area contributed by atoms with E-state index in [4.69, 9.17) is 0 Å². The Morgan fingerprint density at radius 2 is 1.74 bits per heavy atom. The van der Waals surface area contributed by atoms with E-state index in [-0.39, 0.29) is 0 Å². The standard InChI is InChI=1S/C24H29N7/c1-3-9-25-21(6-1)17-30-13-11-29(12-14-30)10-4-2-5-20-16-26-24-8-7-22(15-23(20)24)31-18-27-28-19-31/h1,3,6-9,15-16,18-19,26H,2,4-5,10-14,17H2. The molecular formula is C24H29N7. The van der Waals surface area contributed by atoms with Crippen molar-refractivity contribution in [2.45, 2.75) is 25.8 Å². The van der Waals surface area contributed by atoms with Crippen LogP contribution in [-0.2, 0) is 13.0 Å². The van der Waals surface area contributed by atoms with E-state index in [2.05, 4.69) is 66.5 Å². The van der Waals surface area contributed by atoms with Crippen molar-refractivity contribution in [2.75, 3.05) is 32.7 Å². The van der Waals surface area contributed by atoms with Gasteiger partial charge in [0.25, 0.3) is 0 Å². The van der Waals surface area contributed by atoms with E-state index >= 15 is 0 Å². The first-order valence-corrected chi connectivity index (χ1v) is 11.1. The van der Waals surface area contributed by atoms with Gasteiger partial charge in [0.05, 0.1) is 5.69 Å². The molecule has 7 nitrogen and oxygen atoms in total. The lowest BCUT2D eigenvalue weighted by atomic mass is 10.1. The SMILES string of the molecule is c1ccc(CN2CCN(CCCCc3c[nH]c4ccc(-n5cnnc5)cc34)CC2)nc1. The maximum absolute atomic E-state index is 4.45. The molecule has 1 N–H and O–H groups in total. The van der Waals surface area contributed by atoms with Crippen molar-refractivity contribution in [3.05, 3.63) is 72.7 Å². The number of H-pyrrole nitrogens is 1. The summed E-state index contributed by atoms with van der Waals surface area (Å²) in [5, 5.41) is 9.13. The molecule has 0 spiro atoms. The topological polar surface area (TPSA) is 65.9 Å². The summed E-state index contributed by atoms with van der Waals surface area (Å²) in [5.74, 6) is 0. The molecule has 1 aliphatic heterocycles. The van der Waals surface area contributed by atoms with Crippen molar-refractivity contribution < 1.29 is 0 Å². The zero-order chi connectivity index (χ0) is 20.9. The molecule has 4 heterocycles. The van der Waals surface area contributed by atoms with Gasteiger partial charge in [0.2, 0.25) is 0 Å². The van der Waals surface area contributed by atoms with Crippen LogP contribution in [0.2, 0.25) is 0 Å². The smallest absolute Gasteiger partial charge is 0.123 e. The highest BCUT2D eigenvalue weighted by Crippen LogP contribution is 2.23. The van der Waals surface area contributed by atoms with Gasteiger partial charge in [-0.2, -0.15) is 0 Å². The normalized spacial score (nSPS) is 15.6. The summed E-state index contributed by atoms with van der Waals surface area (Å²) in [7, 11) is 0. The predicted octanol–water partition coefficient (Wildman–Crippen LogP) is 3.28. The number of nitrogens with zero attached hydrogens (tertiary/aromatic N) is 6. The van der Waals surface area contributed by atoms with E-state index in [0.717, 1.165) is 44.8 Å². The number of fused-ring (bicyclic) bond motifs is 1. The summed E-state index contributed by atoms with van der Waals surface area (Å²) in [6, 6.07) is 12.6. The number of benzene rings is 1. The second-order valence-corrected chi connectivity index (χ2v) is 8.31. The zero-order valence-electron chi connectivity index (χ0n) is 17.8. The fourth-order valence-corrected chi connectivity index (χ4v) is 4.41. The molecule has 4 aromatic rings. The molecule has 0 radical (unpaired) electrons. The zero-order valence-corrected chi connectivity index (χ0v) is 17.8. The fourth-order valence-electron chi connectivity index (χ4n) is 4.41. The Morgan fingerprint density at radius 3 is 2.55 bits per heavy atom.